The summed E-state index contributed by atoms with van der Waals surface area (Å²) in [6.45, 7) is 2.79. The van der Waals surface area contributed by atoms with E-state index in [-0.39, 0.29) is 12.0 Å². The van der Waals surface area contributed by atoms with Crippen LogP contribution in [0.1, 0.15) is 25.0 Å². The molecule has 0 spiro atoms. The smallest absolute Gasteiger partial charge is 0.419 e. The van der Waals surface area contributed by atoms with E-state index in [4.69, 9.17) is 5.11 Å². The van der Waals surface area contributed by atoms with Crippen molar-refractivity contribution in [2.45, 2.75) is 26.4 Å². The molecule has 0 fully saturated rings. The van der Waals surface area contributed by atoms with Gasteiger partial charge in [0.05, 0.1) is 11.0 Å². The normalized spacial score (nSPS) is 12.6. The van der Waals surface area contributed by atoms with Crippen LogP contribution in [-0.2, 0) is 17.4 Å². The number of benzene rings is 1. The van der Waals surface area contributed by atoms with Crippen LogP contribution in [0.3, 0.4) is 0 Å². The third-order valence-electron chi connectivity index (χ3n) is 2.56. The lowest BCUT2D eigenvalue weighted by Crippen LogP contribution is -2.26. The summed E-state index contributed by atoms with van der Waals surface area (Å²) in [5, 5.41) is 8.89. The van der Waals surface area contributed by atoms with Gasteiger partial charge in [-0.2, -0.15) is 13.2 Å². The van der Waals surface area contributed by atoms with Crippen molar-refractivity contribution in [1.82, 2.24) is 0 Å². The number of carboxylic acid groups (broad SMARTS) is 1. The lowest BCUT2D eigenvalue weighted by atomic mass is 9.85. The summed E-state index contributed by atoms with van der Waals surface area (Å²) >= 11 is 0. The zero-order valence-electron chi connectivity index (χ0n) is 9.81. The Morgan fingerprint density at radius 3 is 2.28 bits per heavy atom. The Morgan fingerprint density at radius 2 is 1.83 bits per heavy atom. The van der Waals surface area contributed by atoms with Crippen molar-refractivity contribution < 1.29 is 27.5 Å². The fraction of sp³-hybridized carbons (Fsp3) is 0.417. The molecule has 0 amide bonds. The first kappa shape index (κ1) is 14.5. The monoisotopic (exact) mass is 264 g/mol. The molecule has 0 saturated heterocycles. The molecule has 1 aromatic carbocycles. The Bertz CT molecular complexity index is 464. The minimum absolute atomic E-state index is 0.105. The van der Waals surface area contributed by atoms with Crippen molar-refractivity contribution in [2.24, 2.45) is 5.41 Å². The molecule has 1 aromatic rings. The molecule has 0 heterocycles. The number of rotatable bonds is 3. The van der Waals surface area contributed by atoms with E-state index in [1.165, 1.54) is 13.8 Å². The molecule has 18 heavy (non-hydrogen) atoms. The average molecular weight is 264 g/mol. The SMILES string of the molecule is CC(C)(Cc1ccc(F)c(C(F)(F)F)c1)C(=O)O. The van der Waals surface area contributed by atoms with Gasteiger partial charge >= 0.3 is 12.1 Å². The molecule has 1 N–H and O–H groups in total. The maximum atomic E-state index is 13.0. The van der Waals surface area contributed by atoms with Crippen molar-refractivity contribution in [1.29, 1.82) is 0 Å². The molecule has 0 aliphatic rings. The molecule has 0 aliphatic heterocycles. The molecule has 1 rings (SSSR count). The molecule has 0 aliphatic carbocycles. The van der Waals surface area contributed by atoms with Gasteiger partial charge in [0.25, 0.3) is 0 Å². The number of carbonyl (C=O) groups is 1. The Labute approximate surface area is 101 Å². The van der Waals surface area contributed by atoms with Crippen LogP contribution in [0.2, 0.25) is 0 Å². The second-order valence-electron chi connectivity index (χ2n) is 4.68. The summed E-state index contributed by atoms with van der Waals surface area (Å²) in [5.74, 6) is -2.49. The third kappa shape index (κ3) is 3.21. The Morgan fingerprint density at radius 1 is 1.28 bits per heavy atom. The first-order valence-corrected chi connectivity index (χ1v) is 5.13. The summed E-state index contributed by atoms with van der Waals surface area (Å²) in [5.41, 5.74) is -2.45. The largest absolute Gasteiger partial charge is 0.481 e. The molecule has 100 valence electrons. The quantitative estimate of drug-likeness (QED) is 0.848. The Balaban J connectivity index is 3.11. The second kappa shape index (κ2) is 4.59. The lowest BCUT2D eigenvalue weighted by molar-refractivity contribution is -0.146. The van der Waals surface area contributed by atoms with Crippen LogP contribution in [0, 0.1) is 11.2 Å². The van der Waals surface area contributed by atoms with Gasteiger partial charge in [0.1, 0.15) is 5.82 Å². The number of carboxylic acids is 1. The highest BCUT2D eigenvalue weighted by Crippen LogP contribution is 2.33. The van der Waals surface area contributed by atoms with Gasteiger partial charge in [0.15, 0.2) is 0 Å². The van der Waals surface area contributed by atoms with E-state index in [9.17, 15) is 22.4 Å². The van der Waals surface area contributed by atoms with Crippen LogP contribution in [0.25, 0.3) is 0 Å². The van der Waals surface area contributed by atoms with E-state index in [0.717, 1.165) is 6.07 Å². The second-order valence-corrected chi connectivity index (χ2v) is 4.68. The van der Waals surface area contributed by atoms with Crippen LogP contribution in [0.15, 0.2) is 18.2 Å². The van der Waals surface area contributed by atoms with Crippen molar-refractivity contribution >= 4 is 5.97 Å². The molecule has 2 nitrogen and oxygen atoms in total. The van der Waals surface area contributed by atoms with E-state index in [2.05, 4.69) is 0 Å². The van der Waals surface area contributed by atoms with E-state index in [0.29, 0.717) is 12.1 Å². The number of hydrogen-bond acceptors (Lipinski definition) is 1. The molecule has 0 saturated carbocycles. The van der Waals surface area contributed by atoms with Crippen LogP contribution in [0.5, 0.6) is 0 Å². The van der Waals surface area contributed by atoms with Crippen molar-refractivity contribution in [3.05, 3.63) is 35.1 Å². The molecule has 0 radical (unpaired) electrons. The summed E-state index contributed by atoms with van der Waals surface area (Å²) in [4.78, 5) is 10.9. The molecule has 0 aromatic heterocycles. The van der Waals surface area contributed by atoms with Gasteiger partial charge in [-0.15, -0.1) is 0 Å². The lowest BCUT2D eigenvalue weighted by Gasteiger charge is -2.19. The molecule has 0 unspecified atom stereocenters. The first-order chi connectivity index (χ1) is 8.04. The van der Waals surface area contributed by atoms with Gasteiger partial charge in [-0.25, -0.2) is 4.39 Å². The maximum Gasteiger partial charge on any atom is 0.419 e. The van der Waals surface area contributed by atoms with E-state index >= 15 is 0 Å². The molecular weight excluding hydrogens is 252 g/mol. The van der Waals surface area contributed by atoms with Crippen molar-refractivity contribution in [3.63, 3.8) is 0 Å². The number of alkyl halides is 3. The minimum Gasteiger partial charge on any atom is -0.481 e. The summed E-state index contributed by atoms with van der Waals surface area (Å²) in [6.07, 6.45) is -4.89. The van der Waals surface area contributed by atoms with Gasteiger partial charge in [-0.3, -0.25) is 4.79 Å². The summed E-state index contributed by atoms with van der Waals surface area (Å²) < 4.78 is 50.4. The fourth-order valence-electron chi connectivity index (χ4n) is 1.49. The first-order valence-electron chi connectivity index (χ1n) is 5.13. The predicted octanol–water partition coefficient (Wildman–Crippen LogP) is 3.50. The van der Waals surface area contributed by atoms with Crippen LogP contribution in [0.4, 0.5) is 17.6 Å². The Kier molecular flexibility index (Phi) is 3.69. The van der Waals surface area contributed by atoms with E-state index < -0.39 is 28.9 Å². The third-order valence-corrected chi connectivity index (χ3v) is 2.56. The number of hydrogen-bond donors (Lipinski definition) is 1. The van der Waals surface area contributed by atoms with Gasteiger partial charge in [-0.1, -0.05) is 6.07 Å². The zero-order chi connectivity index (χ0) is 14.1. The molecule has 0 atom stereocenters. The fourth-order valence-corrected chi connectivity index (χ4v) is 1.49. The van der Waals surface area contributed by atoms with Gasteiger partial charge in [0.2, 0.25) is 0 Å². The average Bonchev–Trinajstić information content (AvgIpc) is 2.18. The van der Waals surface area contributed by atoms with E-state index in [1.54, 1.807) is 0 Å². The van der Waals surface area contributed by atoms with Gasteiger partial charge in [-0.05, 0) is 38.0 Å². The summed E-state index contributed by atoms with van der Waals surface area (Å²) in [6, 6.07) is 2.52. The maximum absolute atomic E-state index is 13.0. The van der Waals surface area contributed by atoms with Crippen LogP contribution < -0.4 is 0 Å². The van der Waals surface area contributed by atoms with Crippen molar-refractivity contribution in [2.75, 3.05) is 0 Å². The highest BCUT2D eigenvalue weighted by Gasteiger charge is 2.35. The van der Waals surface area contributed by atoms with Crippen LogP contribution in [-0.4, -0.2) is 11.1 Å². The van der Waals surface area contributed by atoms with Gasteiger partial charge < -0.3 is 5.11 Å². The van der Waals surface area contributed by atoms with Gasteiger partial charge in [0, 0.05) is 0 Å². The highest BCUT2D eigenvalue weighted by molar-refractivity contribution is 5.74. The number of aliphatic carboxylic acids is 1. The molecule has 0 bridgehead atoms. The molecular formula is C12H12F4O2. The van der Waals surface area contributed by atoms with E-state index in [1.807, 2.05) is 0 Å². The zero-order valence-corrected chi connectivity index (χ0v) is 9.81. The molecule has 6 heteroatoms. The predicted molar refractivity (Wildman–Crippen MR) is 56.5 cm³/mol. The highest BCUT2D eigenvalue weighted by atomic mass is 19.4. The Hall–Kier alpha value is -1.59. The topological polar surface area (TPSA) is 37.3 Å². The standard InChI is InChI=1S/C12H12F4O2/c1-11(2,10(17)18)6-7-3-4-9(13)8(5-7)12(14,15)16/h3-5H,6H2,1-2H3,(H,17,18). The van der Waals surface area contributed by atoms with Crippen molar-refractivity contribution in [3.8, 4) is 0 Å². The van der Waals surface area contributed by atoms with Crippen LogP contribution >= 0.6 is 0 Å². The number of halogens is 4. The summed E-state index contributed by atoms with van der Waals surface area (Å²) in [7, 11) is 0. The minimum atomic E-state index is -4.78.